The number of hydrogen-bond donors (Lipinski definition) is 0. The van der Waals surface area contributed by atoms with Gasteiger partial charge >= 0.3 is 0 Å². The molecule has 5 rings (SSSR count). The Labute approximate surface area is 222 Å². The molecule has 0 heterocycles. The molecule has 0 aromatic heterocycles. The zero-order chi connectivity index (χ0) is 27.2. The van der Waals surface area contributed by atoms with Gasteiger partial charge in [-0.25, -0.2) is 18.6 Å². The number of nitrogens with zero attached hydrogens (tertiary/aromatic N) is 1. The topological polar surface area (TPSA) is 135 Å². The first-order chi connectivity index (χ1) is 18.2. The lowest BCUT2D eigenvalue weighted by Gasteiger charge is -2.28. The van der Waals surface area contributed by atoms with Crippen molar-refractivity contribution < 1.29 is 33.8 Å². The third kappa shape index (κ3) is 6.23. The molecule has 9 heteroatoms. The Morgan fingerprint density at radius 1 is 0.553 bits per heavy atom. The summed E-state index contributed by atoms with van der Waals surface area (Å²) in [5.74, 6) is 0. The molecular formula is C29H23ClNO6P. The van der Waals surface area contributed by atoms with Gasteiger partial charge in [0, 0.05) is 6.07 Å². The summed E-state index contributed by atoms with van der Waals surface area (Å²) in [6, 6.07) is 43.4. The van der Waals surface area contributed by atoms with Crippen molar-refractivity contribution in [2.75, 3.05) is 0 Å². The van der Waals surface area contributed by atoms with E-state index in [2.05, 4.69) is 91.0 Å². The molecule has 0 saturated carbocycles. The van der Waals surface area contributed by atoms with Crippen LogP contribution in [0.2, 0.25) is 0 Å². The lowest BCUT2D eigenvalue weighted by molar-refractivity contribution is -2.00. The Morgan fingerprint density at radius 3 is 1.32 bits per heavy atom. The molecule has 192 valence electrons. The molecule has 0 atom stereocenters. The summed E-state index contributed by atoms with van der Waals surface area (Å²) in [4.78, 5) is 11.4. The van der Waals surface area contributed by atoms with Crippen molar-refractivity contribution in [3.8, 4) is 0 Å². The van der Waals surface area contributed by atoms with Gasteiger partial charge in [0.1, 0.15) is 23.2 Å². The van der Waals surface area contributed by atoms with Crippen LogP contribution in [-0.4, -0.2) is 4.92 Å². The second-order valence-corrected chi connectivity index (χ2v) is 12.6. The molecule has 0 aliphatic carbocycles. The third-order valence-electron chi connectivity index (χ3n) is 6.19. The van der Waals surface area contributed by atoms with Crippen LogP contribution in [-0.2, 0) is 6.16 Å². The fraction of sp³-hybridized carbons (Fsp3) is 0.0345. The molecule has 0 aliphatic rings. The maximum absolute atomic E-state index is 11.7. The van der Waals surface area contributed by atoms with Crippen LogP contribution in [0, 0.1) is 20.4 Å². The smallest absolute Gasteiger partial charge is 0.258 e. The lowest BCUT2D eigenvalue weighted by Crippen LogP contribution is -2.68. The SMILES string of the molecule is O=[N+]([O-])c1ccc(C[P+](c2ccccc2)(c2ccccc2)c2ccccc2)c2ccccc12.[O-][Cl+3]([O-])([O-])[O-]. The van der Waals surface area contributed by atoms with E-state index in [0.717, 1.165) is 17.1 Å². The maximum Gasteiger partial charge on any atom is 0.277 e. The molecule has 5 aromatic carbocycles. The fourth-order valence-corrected chi connectivity index (χ4v) is 8.94. The highest BCUT2D eigenvalue weighted by Gasteiger charge is 2.45. The van der Waals surface area contributed by atoms with Crippen LogP contribution in [0.1, 0.15) is 5.56 Å². The number of benzene rings is 5. The Balaban J connectivity index is 0.000000617. The van der Waals surface area contributed by atoms with Gasteiger partial charge in [-0.3, -0.25) is 10.1 Å². The molecule has 0 aliphatic heterocycles. The van der Waals surface area contributed by atoms with Gasteiger partial charge in [0.15, 0.2) is 0 Å². The van der Waals surface area contributed by atoms with Gasteiger partial charge in [-0.15, -0.1) is 10.2 Å². The standard InChI is InChI=1S/C29H23NO2P.ClHO4/c31-30(32)29-21-20-23(27-18-10-11-19-28(27)29)22-33(24-12-4-1-5-13-24,25-14-6-2-7-15-25)26-16-8-3-9-17-26;2-1(3,4)5/h1-21H,22H2;(H,2,3,4,5)/q+1;/p-1. The number of fused-ring (bicyclic) bond motifs is 1. The molecule has 0 bridgehead atoms. The minimum atomic E-state index is -4.94. The number of nitro benzene ring substituents is 1. The van der Waals surface area contributed by atoms with E-state index < -0.39 is 17.5 Å². The van der Waals surface area contributed by atoms with Crippen LogP contribution in [0.25, 0.3) is 10.8 Å². The Morgan fingerprint density at radius 2 is 0.921 bits per heavy atom. The predicted molar refractivity (Wildman–Crippen MR) is 139 cm³/mol. The number of non-ortho nitro benzene ring substituents is 1. The van der Waals surface area contributed by atoms with E-state index in [-0.39, 0.29) is 10.6 Å². The first-order valence-electron chi connectivity index (χ1n) is 11.5. The van der Waals surface area contributed by atoms with Crippen molar-refractivity contribution in [1.29, 1.82) is 0 Å². The number of halogens is 1. The summed E-state index contributed by atoms with van der Waals surface area (Å²) >= 11 is 0. The van der Waals surface area contributed by atoms with Crippen molar-refractivity contribution in [3.05, 3.63) is 143 Å². The molecule has 38 heavy (non-hydrogen) atoms. The van der Waals surface area contributed by atoms with Crippen molar-refractivity contribution in [3.63, 3.8) is 0 Å². The molecule has 0 unspecified atom stereocenters. The summed E-state index contributed by atoms with van der Waals surface area (Å²) in [5.41, 5.74) is 1.28. The minimum Gasteiger partial charge on any atom is -0.258 e. The molecule has 0 spiro atoms. The third-order valence-corrected chi connectivity index (χ3v) is 10.5. The van der Waals surface area contributed by atoms with Crippen LogP contribution >= 0.6 is 7.26 Å². The highest BCUT2D eigenvalue weighted by atomic mass is 35.7. The van der Waals surface area contributed by atoms with Gasteiger partial charge in [0.05, 0.1) is 16.5 Å². The highest BCUT2D eigenvalue weighted by molar-refractivity contribution is 7.95. The van der Waals surface area contributed by atoms with E-state index in [1.165, 1.54) is 15.9 Å². The summed E-state index contributed by atoms with van der Waals surface area (Å²) in [5, 5.41) is 17.2. The fourth-order valence-electron chi connectivity index (χ4n) is 4.67. The summed E-state index contributed by atoms with van der Waals surface area (Å²) in [6.07, 6.45) is 0.781. The maximum atomic E-state index is 11.7. The average Bonchev–Trinajstić information content (AvgIpc) is 2.92. The lowest BCUT2D eigenvalue weighted by atomic mass is 10.0. The zero-order valence-electron chi connectivity index (χ0n) is 20.1. The van der Waals surface area contributed by atoms with E-state index in [1.54, 1.807) is 6.07 Å². The summed E-state index contributed by atoms with van der Waals surface area (Å²) in [7, 11) is -7.03. The van der Waals surface area contributed by atoms with Crippen LogP contribution in [0.4, 0.5) is 5.69 Å². The van der Waals surface area contributed by atoms with Crippen molar-refractivity contribution in [1.82, 2.24) is 0 Å². The normalized spacial score (nSPS) is 11.5. The molecule has 0 fully saturated rings. The number of nitro groups is 1. The zero-order valence-corrected chi connectivity index (χ0v) is 21.7. The van der Waals surface area contributed by atoms with Gasteiger partial charge in [-0.05, 0) is 59.5 Å². The van der Waals surface area contributed by atoms with Crippen LogP contribution < -0.4 is 34.5 Å². The Hall–Kier alpha value is -3.68. The van der Waals surface area contributed by atoms with Gasteiger partial charge in [-0.2, -0.15) is 0 Å². The summed E-state index contributed by atoms with van der Waals surface area (Å²) in [6.45, 7) is 0. The molecular weight excluding hydrogens is 525 g/mol. The molecule has 7 nitrogen and oxygen atoms in total. The van der Waals surface area contributed by atoms with Crippen molar-refractivity contribution >= 4 is 39.6 Å². The van der Waals surface area contributed by atoms with Crippen LogP contribution in [0.15, 0.2) is 127 Å². The molecule has 0 saturated heterocycles. The minimum absolute atomic E-state index is 0.150. The van der Waals surface area contributed by atoms with Crippen molar-refractivity contribution in [2.45, 2.75) is 6.16 Å². The molecule has 0 radical (unpaired) electrons. The average molecular weight is 548 g/mol. The van der Waals surface area contributed by atoms with Gasteiger partial charge in [0.25, 0.3) is 5.69 Å². The van der Waals surface area contributed by atoms with Crippen LogP contribution in [0.3, 0.4) is 0 Å². The van der Waals surface area contributed by atoms with E-state index in [4.69, 9.17) is 18.6 Å². The molecule has 5 aromatic rings. The molecule has 0 amide bonds. The highest BCUT2D eigenvalue weighted by Crippen LogP contribution is 2.58. The quantitative estimate of drug-likeness (QED) is 0.179. The Bertz CT molecular complexity index is 1410. The van der Waals surface area contributed by atoms with E-state index in [1.807, 2.05) is 30.3 Å². The first-order valence-corrected chi connectivity index (χ1v) is 14.7. The number of hydrogen-bond acceptors (Lipinski definition) is 6. The molecule has 0 N–H and O–H groups in total. The predicted octanol–water partition coefficient (Wildman–Crippen LogP) is 1.49. The van der Waals surface area contributed by atoms with E-state index >= 15 is 0 Å². The van der Waals surface area contributed by atoms with E-state index in [0.29, 0.717) is 5.39 Å². The monoisotopic (exact) mass is 547 g/mol. The van der Waals surface area contributed by atoms with Gasteiger partial charge in [-0.1, -0.05) is 72.8 Å². The Kier molecular flexibility index (Phi) is 8.49. The van der Waals surface area contributed by atoms with E-state index in [9.17, 15) is 10.1 Å². The second-order valence-electron chi connectivity index (χ2n) is 8.40. The van der Waals surface area contributed by atoms with Crippen molar-refractivity contribution in [2.24, 2.45) is 0 Å². The van der Waals surface area contributed by atoms with Gasteiger partial charge in [0.2, 0.25) is 0 Å². The largest absolute Gasteiger partial charge is 0.277 e. The summed E-state index contributed by atoms with van der Waals surface area (Å²) < 4.78 is 34.0. The number of rotatable bonds is 6. The second kappa shape index (κ2) is 11.8. The van der Waals surface area contributed by atoms with Gasteiger partial charge < -0.3 is 0 Å². The van der Waals surface area contributed by atoms with Crippen LogP contribution in [0.5, 0.6) is 0 Å². The first kappa shape index (κ1) is 27.4.